The molecule has 4 nitrogen and oxygen atoms in total. The molecule has 0 aliphatic carbocycles. The lowest BCUT2D eigenvalue weighted by molar-refractivity contribution is 0.0723. The normalized spacial score (nSPS) is 17.6. The minimum atomic E-state index is -4.00. The van der Waals surface area contributed by atoms with Crippen LogP contribution in [-0.2, 0) is 14.6 Å². The van der Waals surface area contributed by atoms with Crippen molar-refractivity contribution in [3.8, 4) is 0 Å². The van der Waals surface area contributed by atoms with E-state index >= 15 is 0 Å². The van der Waals surface area contributed by atoms with Crippen LogP contribution in [0, 0.1) is 17.6 Å². The number of halogens is 2. The highest BCUT2D eigenvalue weighted by Crippen LogP contribution is 2.26. The second-order valence-electron chi connectivity index (χ2n) is 4.65. The van der Waals surface area contributed by atoms with E-state index in [1.54, 1.807) is 0 Å². The van der Waals surface area contributed by atoms with E-state index in [-0.39, 0.29) is 17.4 Å². The van der Waals surface area contributed by atoms with E-state index in [0.29, 0.717) is 26.1 Å². The molecule has 1 aliphatic heterocycles. The summed E-state index contributed by atoms with van der Waals surface area (Å²) >= 11 is 0. The highest BCUT2D eigenvalue weighted by Gasteiger charge is 2.28. The first kappa shape index (κ1) is 14.2. The van der Waals surface area contributed by atoms with E-state index in [4.69, 9.17) is 10.5 Å². The molecule has 0 saturated carbocycles. The van der Waals surface area contributed by atoms with Crippen LogP contribution in [0.15, 0.2) is 17.0 Å². The Morgan fingerprint density at radius 3 is 2.26 bits per heavy atom. The monoisotopic (exact) mass is 291 g/mol. The molecule has 0 aromatic heterocycles. The van der Waals surface area contributed by atoms with Crippen molar-refractivity contribution in [3.05, 3.63) is 23.8 Å². The van der Waals surface area contributed by atoms with Gasteiger partial charge in [-0.3, -0.25) is 0 Å². The average molecular weight is 291 g/mol. The molecule has 0 radical (unpaired) electrons. The topological polar surface area (TPSA) is 69.4 Å². The van der Waals surface area contributed by atoms with Gasteiger partial charge < -0.3 is 10.5 Å². The van der Waals surface area contributed by atoms with E-state index in [1.165, 1.54) is 0 Å². The van der Waals surface area contributed by atoms with Gasteiger partial charge in [-0.15, -0.1) is 0 Å². The molecule has 7 heteroatoms. The Morgan fingerprint density at radius 2 is 1.74 bits per heavy atom. The molecule has 1 saturated heterocycles. The van der Waals surface area contributed by atoms with Gasteiger partial charge in [-0.2, -0.15) is 0 Å². The summed E-state index contributed by atoms with van der Waals surface area (Å²) in [6, 6.07) is 1.64. The molecule has 2 N–H and O–H groups in total. The Hall–Kier alpha value is -1.21. The molecule has 19 heavy (non-hydrogen) atoms. The third-order valence-electron chi connectivity index (χ3n) is 3.13. The molecular formula is C12H15F2NO3S. The molecule has 2 rings (SSSR count). The molecule has 0 amide bonds. The number of hydrogen-bond acceptors (Lipinski definition) is 4. The van der Waals surface area contributed by atoms with Crippen molar-refractivity contribution in [2.24, 2.45) is 5.92 Å². The SMILES string of the molecule is Nc1cc(F)c(S(=O)(=O)CC2CCOCC2)c(F)c1. The van der Waals surface area contributed by atoms with E-state index in [0.717, 1.165) is 12.1 Å². The fraction of sp³-hybridized carbons (Fsp3) is 0.500. The van der Waals surface area contributed by atoms with Gasteiger partial charge in [-0.05, 0) is 30.9 Å². The van der Waals surface area contributed by atoms with Crippen LogP contribution in [0.25, 0.3) is 0 Å². The summed E-state index contributed by atoms with van der Waals surface area (Å²) in [4.78, 5) is -0.881. The van der Waals surface area contributed by atoms with Crippen molar-refractivity contribution in [2.75, 3.05) is 24.7 Å². The number of nitrogen functional groups attached to an aromatic ring is 1. The van der Waals surface area contributed by atoms with Gasteiger partial charge in [0.25, 0.3) is 0 Å². The summed E-state index contributed by atoms with van der Waals surface area (Å²) in [5, 5.41) is 0. The lowest BCUT2D eigenvalue weighted by Gasteiger charge is -2.21. The number of rotatable bonds is 3. The summed E-state index contributed by atoms with van der Waals surface area (Å²) in [5.74, 6) is -2.67. The van der Waals surface area contributed by atoms with Gasteiger partial charge in [0.15, 0.2) is 9.84 Å². The van der Waals surface area contributed by atoms with Gasteiger partial charge in [-0.1, -0.05) is 0 Å². The summed E-state index contributed by atoms with van der Waals surface area (Å²) in [6.45, 7) is 0.958. The minimum Gasteiger partial charge on any atom is -0.399 e. The fourth-order valence-electron chi connectivity index (χ4n) is 2.18. The van der Waals surface area contributed by atoms with Crippen LogP contribution in [0.1, 0.15) is 12.8 Å². The molecular weight excluding hydrogens is 276 g/mol. The summed E-state index contributed by atoms with van der Waals surface area (Å²) in [6.07, 6.45) is 1.16. The second kappa shape index (κ2) is 5.42. The van der Waals surface area contributed by atoms with Crippen molar-refractivity contribution in [3.63, 3.8) is 0 Å². The summed E-state index contributed by atoms with van der Waals surface area (Å²) in [7, 11) is -4.00. The van der Waals surface area contributed by atoms with Crippen molar-refractivity contribution >= 4 is 15.5 Å². The molecule has 1 fully saturated rings. The first-order valence-corrected chi connectivity index (χ1v) is 7.60. The van der Waals surface area contributed by atoms with Crippen molar-refractivity contribution < 1.29 is 21.9 Å². The smallest absolute Gasteiger partial charge is 0.184 e. The van der Waals surface area contributed by atoms with Gasteiger partial charge in [-0.25, -0.2) is 17.2 Å². The molecule has 0 unspecified atom stereocenters. The van der Waals surface area contributed by atoms with Crippen LogP contribution < -0.4 is 5.73 Å². The highest BCUT2D eigenvalue weighted by molar-refractivity contribution is 7.91. The van der Waals surface area contributed by atoms with Crippen LogP contribution in [0.2, 0.25) is 0 Å². The van der Waals surface area contributed by atoms with E-state index in [2.05, 4.69) is 0 Å². The first-order valence-electron chi connectivity index (χ1n) is 5.95. The Labute approximate surface area is 110 Å². The number of nitrogens with two attached hydrogens (primary N) is 1. The van der Waals surface area contributed by atoms with Gasteiger partial charge >= 0.3 is 0 Å². The van der Waals surface area contributed by atoms with Crippen LogP contribution in [0.3, 0.4) is 0 Å². The fourth-order valence-corrected chi connectivity index (χ4v) is 4.02. The molecule has 1 aliphatic rings. The van der Waals surface area contributed by atoms with Gasteiger partial charge in [0.05, 0.1) is 5.75 Å². The Morgan fingerprint density at radius 1 is 1.21 bits per heavy atom. The molecule has 1 aromatic rings. The number of ether oxygens (including phenoxy) is 1. The van der Waals surface area contributed by atoms with Crippen LogP contribution in [0.5, 0.6) is 0 Å². The molecule has 0 atom stereocenters. The predicted molar refractivity (Wildman–Crippen MR) is 66.4 cm³/mol. The van der Waals surface area contributed by atoms with E-state index < -0.39 is 26.4 Å². The summed E-state index contributed by atoms with van der Waals surface area (Å²) < 4.78 is 56.6. The maximum atomic E-state index is 13.6. The van der Waals surface area contributed by atoms with Crippen LogP contribution >= 0.6 is 0 Å². The van der Waals surface area contributed by atoms with Gasteiger partial charge in [0.2, 0.25) is 0 Å². The van der Waals surface area contributed by atoms with E-state index in [1.807, 2.05) is 0 Å². The number of hydrogen-bond donors (Lipinski definition) is 1. The van der Waals surface area contributed by atoms with Crippen molar-refractivity contribution in [1.29, 1.82) is 0 Å². The zero-order valence-corrected chi connectivity index (χ0v) is 11.1. The Bertz CT molecular complexity index is 545. The second-order valence-corrected chi connectivity index (χ2v) is 6.62. The highest BCUT2D eigenvalue weighted by atomic mass is 32.2. The maximum Gasteiger partial charge on any atom is 0.184 e. The van der Waals surface area contributed by atoms with Crippen molar-refractivity contribution in [1.82, 2.24) is 0 Å². The lowest BCUT2D eigenvalue weighted by atomic mass is 10.0. The number of benzene rings is 1. The molecule has 0 bridgehead atoms. The first-order chi connectivity index (χ1) is 8.90. The third-order valence-corrected chi connectivity index (χ3v) is 5.05. The molecule has 0 spiro atoms. The zero-order valence-electron chi connectivity index (χ0n) is 10.2. The molecule has 1 heterocycles. The quantitative estimate of drug-likeness (QED) is 0.861. The lowest BCUT2D eigenvalue weighted by Crippen LogP contribution is -2.24. The Balaban J connectivity index is 2.29. The average Bonchev–Trinajstić information content (AvgIpc) is 2.27. The van der Waals surface area contributed by atoms with Gasteiger partial charge in [0, 0.05) is 18.9 Å². The Kier molecular flexibility index (Phi) is 4.05. The summed E-state index contributed by atoms with van der Waals surface area (Å²) in [5.41, 5.74) is 5.13. The van der Waals surface area contributed by atoms with Crippen molar-refractivity contribution in [2.45, 2.75) is 17.7 Å². The zero-order chi connectivity index (χ0) is 14.0. The van der Waals surface area contributed by atoms with E-state index in [9.17, 15) is 17.2 Å². The van der Waals surface area contributed by atoms with Gasteiger partial charge in [0.1, 0.15) is 16.5 Å². The largest absolute Gasteiger partial charge is 0.399 e. The van der Waals surface area contributed by atoms with Crippen LogP contribution in [-0.4, -0.2) is 27.4 Å². The number of anilines is 1. The minimum absolute atomic E-state index is 0.130. The number of sulfone groups is 1. The standard InChI is InChI=1S/C12H15F2NO3S/c13-10-5-9(15)6-11(14)12(10)19(16,17)7-8-1-3-18-4-2-8/h5-6,8H,1-4,7,15H2. The van der Waals surface area contributed by atoms with Crippen LogP contribution in [0.4, 0.5) is 14.5 Å². The maximum absolute atomic E-state index is 13.6. The third kappa shape index (κ3) is 3.22. The predicted octanol–water partition coefficient (Wildman–Crippen LogP) is 1.75. The molecule has 1 aromatic carbocycles. The molecule has 106 valence electrons.